The highest BCUT2D eigenvalue weighted by atomic mass is 19.1. The fourth-order valence-corrected chi connectivity index (χ4v) is 2.30. The fraction of sp³-hybridized carbons (Fsp3) is 0.538. The molecule has 16 heavy (non-hydrogen) atoms. The normalized spacial score (nSPS) is 26.9. The van der Waals surface area contributed by atoms with E-state index in [9.17, 15) is 9.50 Å². The van der Waals surface area contributed by atoms with Crippen molar-refractivity contribution in [3.05, 3.63) is 35.6 Å². The number of nitrogens with one attached hydrogen (secondary N) is 1. The van der Waals surface area contributed by atoms with E-state index in [4.69, 9.17) is 0 Å². The zero-order valence-electron chi connectivity index (χ0n) is 9.49. The highest BCUT2D eigenvalue weighted by Crippen LogP contribution is 2.22. The van der Waals surface area contributed by atoms with Gasteiger partial charge < -0.3 is 10.4 Å². The average Bonchev–Trinajstić information content (AvgIpc) is 2.65. The highest BCUT2D eigenvalue weighted by molar-refractivity contribution is 5.19. The molecule has 88 valence electrons. The molecule has 1 aromatic rings. The second-order valence-corrected chi connectivity index (χ2v) is 4.54. The van der Waals surface area contributed by atoms with Crippen LogP contribution >= 0.6 is 0 Å². The second kappa shape index (κ2) is 4.93. The summed E-state index contributed by atoms with van der Waals surface area (Å²) in [5, 5.41) is 13.1. The van der Waals surface area contributed by atoms with Gasteiger partial charge in [0.25, 0.3) is 0 Å². The highest BCUT2D eigenvalue weighted by Gasteiger charge is 2.26. The van der Waals surface area contributed by atoms with Gasteiger partial charge in [-0.25, -0.2) is 4.39 Å². The van der Waals surface area contributed by atoms with Crippen LogP contribution < -0.4 is 5.32 Å². The maximum atomic E-state index is 12.8. The van der Waals surface area contributed by atoms with Crippen LogP contribution in [-0.4, -0.2) is 17.3 Å². The van der Waals surface area contributed by atoms with E-state index in [-0.39, 0.29) is 24.0 Å². The molecule has 1 aliphatic carbocycles. The summed E-state index contributed by atoms with van der Waals surface area (Å²) in [5.41, 5.74) is 1.06. The Morgan fingerprint density at radius 2 is 2.00 bits per heavy atom. The monoisotopic (exact) mass is 223 g/mol. The summed E-state index contributed by atoms with van der Waals surface area (Å²) in [6.45, 7) is 2.04. The van der Waals surface area contributed by atoms with Crippen LogP contribution in [0.3, 0.4) is 0 Å². The molecule has 2 unspecified atom stereocenters. The first-order chi connectivity index (χ1) is 7.66. The summed E-state index contributed by atoms with van der Waals surface area (Å²) in [4.78, 5) is 0. The smallest absolute Gasteiger partial charge is 0.123 e. The number of aliphatic hydroxyl groups excluding tert-OH is 1. The third-order valence-corrected chi connectivity index (χ3v) is 3.31. The van der Waals surface area contributed by atoms with E-state index in [2.05, 4.69) is 5.32 Å². The average molecular weight is 223 g/mol. The summed E-state index contributed by atoms with van der Waals surface area (Å²) >= 11 is 0. The Labute approximate surface area is 95.5 Å². The minimum absolute atomic E-state index is 0.151. The van der Waals surface area contributed by atoms with Crippen LogP contribution in [0.5, 0.6) is 0 Å². The van der Waals surface area contributed by atoms with Crippen molar-refractivity contribution in [3.8, 4) is 0 Å². The topological polar surface area (TPSA) is 32.3 Å². The molecule has 0 aromatic heterocycles. The van der Waals surface area contributed by atoms with Gasteiger partial charge in [0, 0.05) is 12.1 Å². The third kappa shape index (κ3) is 2.60. The van der Waals surface area contributed by atoms with Gasteiger partial charge in [-0.2, -0.15) is 0 Å². The zero-order valence-corrected chi connectivity index (χ0v) is 9.49. The number of benzene rings is 1. The van der Waals surface area contributed by atoms with Crippen molar-refractivity contribution in [1.29, 1.82) is 0 Å². The molecule has 0 heterocycles. The lowest BCUT2D eigenvalue weighted by Crippen LogP contribution is -2.37. The summed E-state index contributed by atoms with van der Waals surface area (Å²) < 4.78 is 12.8. The van der Waals surface area contributed by atoms with Crippen LogP contribution in [0.25, 0.3) is 0 Å². The molecule has 0 aliphatic heterocycles. The molecule has 2 rings (SSSR count). The molecule has 3 heteroatoms. The van der Waals surface area contributed by atoms with E-state index in [1.165, 1.54) is 12.1 Å². The maximum Gasteiger partial charge on any atom is 0.123 e. The number of halogens is 1. The first kappa shape index (κ1) is 11.6. The zero-order chi connectivity index (χ0) is 11.5. The number of hydrogen-bond donors (Lipinski definition) is 2. The molecule has 3 atom stereocenters. The lowest BCUT2D eigenvalue weighted by atomic mass is 10.1. The summed E-state index contributed by atoms with van der Waals surface area (Å²) in [7, 11) is 0. The summed E-state index contributed by atoms with van der Waals surface area (Å²) in [6, 6.07) is 6.85. The van der Waals surface area contributed by atoms with Gasteiger partial charge >= 0.3 is 0 Å². The number of aliphatic hydroxyl groups is 1. The van der Waals surface area contributed by atoms with Crippen molar-refractivity contribution in [2.24, 2.45) is 0 Å². The number of rotatable bonds is 3. The lowest BCUT2D eigenvalue weighted by Gasteiger charge is -2.22. The Balaban J connectivity index is 1.97. The van der Waals surface area contributed by atoms with E-state index < -0.39 is 0 Å². The SMILES string of the molecule is C[C@H](NC1CCCC1O)c1ccc(F)cc1. The van der Waals surface area contributed by atoms with Crippen LogP contribution in [0.1, 0.15) is 37.8 Å². The van der Waals surface area contributed by atoms with Gasteiger partial charge in [-0.05, 0) is 43.9 Å². The number of hydrogen-bond acceptors (Lipinski definition) is 2. The van der Waals surface area contributed by atoms with Crippen molar-refractivity contribution in [1.82, 2.24) is 5.32 Å². The first-order valence-corrected chi connectivity index (χ1v) is 5.86. The Morgan fingerprint density at radius 3 is 2.56 bits per heavy atom. The molecule has 2 nitrogen and oxygen atoms in total. The van der Waals surface area contributed by atoms with Crippen LogP contribution in [0.15, 0.2) is 24.3 Å². The Hall–Kier alpha value is -0.930. The predicted molar refractivity (Wildman–Crippen MR) is 61.6 cm³/mol. The van der Waals surface area contributed by atoms with Crippen molar-refractivity contribution < 1.29 is 9.50 Å². The van der Waals surface area contributed by atoms with Gasteiger partial charge in [-0.3, -0.25) is 0 Å². The van der Waals surface area contributed by atoms with Gasteiger partial charge in [-0.1, -0.05) is 12.1 Å². The predicted octanol–water partition coefficient (Wildman–Crippen LogP) is 2.39. The Kier molecular flexibility index (Phi) is 3.56. The third-order valence-electron chi connectivity index (χ3n) is 3.31. The summed E-state index contributed by atoms with van der Waals surface area (Å²) in [6.07, 6.45) is 2.75. The van der Waals surface area contributed by atoms with Crippen molar-refractivity contribution in [2.45, 2.75) is 44.4 Å². The van der Waals surface area contributed by atoms with Crippen molar-refractivity contribution in [2.75, 3.05) is 0 Å². The van der Waals surface area contributed by atoms with E-state index in [1.54, 1.807) is 12.1 Å². The van der Waals surface area contributed by atoms with Gasteiger partial charge in [0.2, 0.25) is 0 Å². The first-order valence-electron chi connectivity index (χ1n) is 5.86. The molecular weight excluding hydrogens is 205 g/mol. The molecule has 1 saturated carbocycles. The van der Waals surface area contributed by atoms with Crippen molar-refractivity contribution >= 4 is 0 Å². The Morgan fingerprint density at radius 1 is 1.31 bits per heavy atom. The van der Waals surface area contributed by atoms with Crippen LogP contribution in [-0.2, 0) is 0 Å². The van der Waals surface area contributed by atoms with Gasteiger partial charge in [0.1, 0.15) is 5.82 Å². The lowest BCUT2D eigenvalue weighted by molar-refractivity contribution is 0.144. The molecule has 0 amide bonds. The van der Waals surface area contributed by atoms with Crippen molar-refractivity contribution in [3.63, 3.8) is 0 Å². The minimum Gasteiger partial charge on any atom is -0.392 e. The molecule has 0 saturated heterocycles. The fourth-order valence-electron chi connectivity index (χ4n) is 2.30. The van der Waals surface area contributed by atoms with Crippen LogP contribution in [0, 0.1) is 5.82 Å². The molecule has 2 N–H and O–H groups in total. The van der Waals surface area contributed by atoms with Crippen LogP contribution in [0.4, 0.5) is 4.39 Å². The Bertz CT molecular complexity index is 338. The van der Waals surface area contributed by atoms with Gasteiger partial charge in [0.05, 0.1) is 6.10 Å². The van der Waals surface area contributed by atoms with Gasteiger partial charge in [0.15, 0.2) is 0 Å². The molecule has 0 spiro atoms. The molecule has 1 aliphatic rings. The van der Waals surface area contributed by atoms with E-state index in [0.717, 1.165) is 24.8 Å². The standard InChI is InChI=1S/C13H18FNO/c1-9(10-5-7-11(14)8-6-10)15-12-3-2-4-13(12)16/h5-9,12-13,15-16H,2-4H2,1H3/t9-,12?,13?/m0/s1. The maximum absolute atomic E-state index is 12.8. The molecule has 0 bridgehead atoms. The summed E-state index contributed by atoms with van der Waals surface area (Å²) in [5.74, 6) is -0.211. The van der Waals surface area contributed by atoms with E-state index >= 15 is 0 Å². The quantitative estimate of drug-likeness (QED) is 0.824. The largest absolute Gasteiger partial charge is 0.392 e. The minimum atomic E-state index is -0.233. The molecular formula is C13H18FNO. The second-order valence-electron chi connectivity index (χ2n) is 4.54. The van der Waals surface area contributed by atoms with Gasteiger partial charge in [-0.15, -0.1) is 0 Å². The molecule has 1 aromatic carbocycles. The van der Waals surface area contributed by atoms with Crippen LogP contribution in [0.2, 0.25) is 0 Å². The van der Waals surface area contributed by atoms with E-state index in [1.807, 2.05) is 6.92 Å². The van der Waals surface area contributed by atoms with E-state index in [0.29, 0.717) is 0 Å². The molecule has 0 radical (unpaired) electrons. The molecule has 1 fully saturated rings.